The molecule has 1 saturated heterocycles. The maximum absolute atomic E-state index is 9.06. The zero-order valence-corrected chi connectivity index (χ0v) is 8.68. The first-order valence-electron chi connectivity index (χ1n) is 4.86. The van der Waals surface area contributed by atoms with E-state index in [1.165, 1.54) is 0 Å². The first-order chi connectivity index (χ1) is 7.26. The van der Waals surface area contributed by atoms with Crippen molar-refractivity contribution in [1.82, 2.24) is 4.98 Å². The molecule has 1 aliphatic rings. The molecule has 0 bridgehead atoms. The van der Waals surface area contributed by atoms with Gasteiger partial charge >= 0.3 is 0 Å². The van der Waals surface area contributed by atoms with Gasteiger partial charge in [-0.05, 0) is 12.1 Å². The average Bonchev–Trinajstić information content (AvgIpc) is 2.24. The highest BCUT2D eigenvalue weighted by Gasteiger charge is 2.40. The molecule has 2 heterocycles. The lowest BCUT2D eigenvalue weighted by molar-refractivity contribution is -0.0716. The second-order valence-corrected chi connectivity index (χ2v) is 3.95. The zero-order chi connectivity index (χ0) is 10.7. The molecular weight excluding hydrogens is 190 g/mol. The molecule has 0 saturated carbocycles. The number of nitrogens with zero attached hydrogens (tertiary/aromatic N) is 3. The van der Waals surface area contributed by atoms with Crippen LogP contribution < -0.4 is 4.90 Å². The van der Waals surface area contributed by atoms with Crippen LogP contribution in [0.4, 0.5) is 5.69 Å². The normalized spacial score (nSPS) is 17.6. The van der Waals surface area contributed by atoms with Crippen molar-refractivity contribution in [2.24, 2.45) is 5.41 Å². The first-order valence-corrected chi connectivity index (χ1v) is 4.86. The summed E-state index contributed by atoms with van der Waals surface area (Å²) in [6.07, 6.45) is 3.50. The Morgan fingerprint density at radius 1 is 1.53 bits per heavy atom. The van der Waals surface area contributed by atoms with Gasteiger partial charge < -0.3 is 9.64 Å². The van der Waals surface area contributed by atoms with Gasteiger partial charge in [-0.3, -0.25) is 4.98 Å². The molecule has 4 nitrogen and oxygen atoms in total. The van der Waals surface area contributed by atoms with Crippen LogP contribution in [0.3, 0.4) is 0 Å². The number of aromatic nitrogens is 1. The molecule has 1 aliphatic heterocycles. The summed E-state index contributed by atoms with van der Waals surface area (Å²) in [6.45, 7) is 1.78. The Morgan fingerprint density at radius 2 is 2.20 bits per heavy atom. The Labute approximate surface area is 89.1 Å². The van der Waals surface area contributed by atoms with Gasteiger partial charge in [0.15, 0.2) is 0 Å². The molecule has 0 radical (unpaired) electrons. The topological polar surface area (TPSA) is 49.2 Å². The number of nitriles is 1. The number of hydrogen-bond acceptors (Lipinski definition) is 4. The lowest BCUT2D eigenvalue weighted by Crippen LogP contribution is -2.49. The maximum atomic E-state index is 9.06. The Bertz CT molecular complexity index is 367. The highest BCUT2D eigenvalue weighted by Crippen LogP contribution is 2.28. The fourth-order valence-corrected chi connectivity index (χ4v) is 1.68. The molecule has 0 spiro atoms. The van der Waals surface area contributed by atoms with Crippen LogP contribution in [-0.4, -0.2) is 31.8 Å². The fourth-order valence-electron chi connectivity index (χ4n) is 1.68. The van der Waals surface area contributed by atoms with Gasteiger partial charge in [-0.2, -0.15) is 5.26 Å². The highest BCUT2D eigenvalue weighted by molar-refractivity contribution is 5.44. The van der Waals surface area contributed by atoms with E-state index in [4.69, 9.17) is 10.00 Å². The Morgan fingerprint density at radius 3 is 2.67 bits per heavy atom. The Balaban J connectivity index is 2.04. The maximum Gasteiger partial charge on any atom is 0.121 e. The van der Waals surface area contributed by atoms with Crippen molar-refractivity contribution in [1.29, 1.82) is 5.26 Å². The van der Waals surface area contributed by atoms with E-state index in [0.29, 0.717) is 19.8 Å². The van der Waals surface area contributed by atoms with E-state index in [9.17, 15) is 0 Å². The molecule has 0 aliphatic carbocycles. The van der Waals surface area contributed by atoms with Crippen molar-refractivity contribution in [2.45, 2.75) is 0 Å². The quantitative estimate of drug-likeness (QED) is 0.737. The average molecular weight is 203 g/mol. The molecule has 78 valence electrons. The van der Waals surface area contributed by atoms with Crippen LogP contribution in [0, 0.1) is 16.7 Å². The van der Waals surface area contributed by atoms with E-state index in [2.05, 4.69) is 16.0 Å². The second-order valence-electron chi connectivity index (χ2n) is 3.95. The first kappa shape index (κ1) is 9.94. The lowest BCUT2D eigenvalue weighted by Gasteiger charge is -2.38. The summed E-state index contributed by atoms with van der Waals surface area (Å²) in [5.74, 6) is 0. The van der Waals surface area contributed by atoms with E-state index < -0.39 is 0 Å². The van der Waals surface area contributed by atoms with E-state index in [1.807, 2.05) is 19.2 Å². The van der Waals surface area contributed by atoms with Gasteiger partial charge in [0.1, 0.15) is 5.41 Å². The predicted octanol–water partition coefficient (Wildman–Crippen LogP) is 1.06. The number of pyridine rings is 1. The monoisotopic (exact) mass is 203 g/mol. The summed E-state index contributed by atoms with van der Waals surface area (Å²) in [6, 6.07) is 6.20. The molecule has 0 atom stereocenters. The Kier molecular flexibility index (Phi) is 2.57. The molecule has 15 heavy (non-hydrogen) atoms. The lowest BCUT2D eigenvalue weighted by atomic mass is 9.87. The minimum absolute atomic E-state index is 0.321. The van der Waals surface area contributed by atoms with Crippen molar-refractivity contribution in [3.63, 3.8) is 0 Å². The van der Waals surface area contributed by atoms with Gasteiger partial charge in [0, 0.05) is 31.7 Å². The van der Waals surface area contributed by atoms with Crippen molar-refractivity contribution < 1.29 is 4.74 Å². The van der Waals surface area contributed by atoms with Crippen LogP contribution in [0.5, 0.6) is 0 Å². The van der Waals surface area contributed by atoms with Gasteiger partial charge in [-0.25, -0.2) is 0 Å². The molecule has 0 amide bonds. The highest BCUT2D eigenvalue weighted by atomic mass is 16.5. The molecule has 0 unspecified atom stereocenters. The van der Waals surface area contributed by atoms with E-state index >= 15 is 0 Å². The second kappa shape index (κ2) is 3.87. The van der Waals surface area contributed by atoms with Crippen molar-refractivity contribution in [3.05, 3.63) is 24.5 Å². The van der Waals surface area contributed by atoms with Crippen LogP contribution in [0.2, 0.25) is 0 Å². The zero-order valence-electron chi connectivity index (χ0n) is 8.68. The number of ether oxygens (including phenoxy) is 1. The van der Waals surface area contributed by atoms with Gasteiger partial charge in [0.05, 0.1) is 19.3 Å². The van der Waals surface area contributed by atoms with Crippen LogP contribution in [0.15, 0.2) is 24.5 Å². The van der Waals surface area contributed by atoms with Crippen LogP contribution in [0.1, 0.15) is 0 Å². The third-order valence-electron chi connectivity index (χ3n) is 2.64. The summed E-state index contributed by atoms with van der Waals surface area (Å²) in [4.78, 5) is 6.03. The number of anilines is 1. The van der Waals surface area contributed by atoms with E-state index in [1.54, 1.807) is 12.4 Å². The molecule has 2 rings (SSSR count). The molecular formula is C11H13N3O. The van der Waals surface area contributed by atoms with Crippen LogP contribution >= 0.6 is 0 Å². The molecule has 4 heteroatoms. The van der Waals surface area contributed by atoms with Crippen molar-refractivity contribution in [3.8, 4) is 6.07 Å². The third-order valence-corrected chi connectivity index (χ3v) is 2.64. The van der Waals surface area contributed by atoms with Gasteiger partial charge in [-0.1, -0.05) is 0 Å². The van der Waals surface area contributed by atoms with Crippen LogP contribution in [0.25, 0.3) is 0 Å². The van der Waals surface area contributed by atoms with Gasteiger partial charge in [0.2, 0.25) is 0 Å². The number of hydrogen-bond donors (Lipinski definition) is 0. The fraction of sp³-hybridized carbons (Fsp3) is 0.455. The molecule has 0 N–H and O–H groups in total. The minimum Gasteiger partial charge on any atom is -0.378 e. The summed E-state index contributed by atoms with van der Waals surface area (Å²) in [5, 5.41) is 9.06. The number of rotatable bonds is 3. The summed E-state index contributed by atoms with van der Waals surface area (Å²) < 4.78 is 5.10. The smallest absolute Gasteiger partial charge is 0.121 e. The van der Waals surface area contributed by atoms with Crippen molar-refractivity contribution >= 4 is 5.69 Å². The summed E-state index contributed by atoms with van der Waals surface area (Å²) in [5.41, 5.74) is 0.754. The molecule has 0 aromatic carbocycles. The SMILES string of the molecule is CN(CC1(C#N)COC1)c1ccncc1. The largest absolute Gasteiger partial charge is 0.378 e. The predicted molar refractivity (Wildman–Crippen MR) is 56.4 cm³/mol. The standard InChI is InChI=1S/C11H13N3O/c1-14(10-2-4-13-5-3-10)7-11(6-12)8-15-9-11/h2-5H,7-9H2,1H3. The van der Waals surface area contributed by atoms with Gasteiger partial charge in [-0.15, -0.1) is 0 Å². The molecule has 1 aromatic rings. The summed E-state index contributed by atoms with van der Waals surface area (Å²) in [7, 11) is 1.98. The molecule has 1 fully saturated rings. The minimum atomic E-state index is -0.321. The van der Waals surface area contributed by atoms with Gasteiger partial charge in [0.25, 0.3) is 0 Å². The summed E-state index contributed by atoms with van der Waals surface area (Å²) >= 11 is 0. The van der Waals surface area contributed by atoms with Crippen molar-refractivity contribution in [2.75, 3.05) is 31.7 Å². The molecule has 1 aromatic heterocycles. The third kappa shape index (κ3) is 1.92. The van der Waals surface area contributed by atoms with E-state index in [0.717, 1.165) is 5.69 Å². The Hall–Kier alpha value is -1.60. The van der Waals surface area contributed by atoms with E-state index in [-0.39, 0.29) is 5.41 Å². The van der Waals surface area contributed by atoms with Crippen LogP contribution in [-0.2, 0) is 4.74 Å².